The number of rotatable bonds is 9. The summed E-state index contributed by atoms with van der Waals surface area (Å²) in [7, 11) is 1.61. The van der Waals surface area contributed by atoms with Crippen molar-refractivity contribution < 1.29 is 23.8 Å². The molecule has 0 unspecified atom stereocenters. The molecule has 176 valence electrons. The van der Waals surface area contributed by atoms with Crippen molar-refractivity contribution in [1.29, 1.82) is 0 Å². The molecule has 0 spiro atoms. The smallest absolute Gasteiger partial charge is 0.407 e. The van der Waals surface area contributed by atoms with Crippen molar-refractivity contribution in [2.75, 3.05) is 19.0 Å². The average molecular weight is 454 g/mol. The number of anilines is 2. The number of hydrogen-bond donors (Lipinski definition) is 3. The molecule has 0 aliphatic heterocycles. The molecule has 8 heteroatoms. The molecule has 0 atom stereocenters. The van der Waals surface area contributed by atoms with E-state index in [1.807, 2.05) is 63.2 Å². The zero-order valence-electron chi connectivity index (χ0n) is 19.5. The lowest BCUT2D eigenvalue weighted by Gasteiger charge is -2.20. The van der Waals surface area contributed by atoms with E-state index in [1.165, 1.54) is 0 Å². The maximum Gasteiger partial charge on any atom is 0.407 e. The van der Waals surface area contributed by atoms with Gasteiger partial charge in [0.25, 0.3) is 6.01 Å². The van der Waals surface area contributed by atoms with E-state index in [9.17, 15) is 4.79 Å². The summed E-state index contributed by atoms with van der Waals surface area (Å²) < 4.78 is 16.7. The van der Waals surface area contributed by atoms with Gasteiger partial charge in [0.05, 0.1) is 18.9 Å². The van der Waals surface area contributed by atoms with Crippen LogP contribution in [0.2, 0.25) is 0 Å². The molecule has 0 aliphatic rings. The summed E-state index contributed by atoms with van der Waals surface area (Å²) >= 11 is 0. The minimum absolute atomic E-state index is 0.142. The Labute approximate surface area is 193 Å². The van der Waals surface area contributed by atoms with Crippen LogP contribution in [-0.4, -0.2) is 35.4 Å². The van der Waals surface area contributed by atoms with Crippen LogP contribution in [0, 0.1) is 0 Å². The molecule has 2 aromatic carbocycles. The van der Waals surface area contributed by atoms with Crippen molar-refractivity contribution >= 4 is 17.8 Å². The second kappa shape index (κ2) is 10.9. The van der Waals surface area contributed by atoms with Gasteiger partial charge in [-0.3, -0.25) is 0 Å². The van der Waals surface area contributed by atoms with Gasteiger partial charge in [0, 0.05) is 17.8 Å². The number of aliphatic hydroxyl groups is 1. The van der Waals surface area contributed by atoms with Gasteiger partial charge in [-0.15, -0.1) is 0 Å². The van der Waals surface area contributed by atoms with Crippen molar-refractivity contribution in [3.8, 4) is 17.1 Å². The number of aliphatic hydroxyl groups excluding tert-OH is 1. The molecule has 3 rings (SSSR count). The molecule has 0 bridgehead atoms. The van der Waals surface area contributed by atoms with Gasteiger partial charge in [0.15, 0.2) is 5.76 Å². The highest BCUT2D eigenvalue weighted by Gasteiger charge is 2.15. The van der Waals surface area contributed by atoms with Crippen molar-refractivity contribution in [2.24, 2.45) is 0 Å². The maximum atomic E-state index is 11.9. The lowest BCUT2D eigenvalue weighted by Crippen LogP contribution is -2.40. The van der Waals surface area contributed by atoms with E-state index in [2.05, 4.69) is 15.6 Å². The number of alkyl carbamates (subject to hydrolysis) is 1. The summed E-state index contributed by atoms with van der Waals surface area (Å²) in [6, 6.07) is 13.7. The number of aryl methyl sites for hydroxylation is 1. The largest absolute Gasteiger partial charge is 0.496 e. The van der Waals surface area contributed by atoms with Gasteiger partial charge in [0.2, 0.25) is 0 Å². The van der Waals surface area contributed by atoms with Crippen LogP contribution in [0.1, 0.15) is 38.3 Å². The minimum atomic E-state index is -0.464. The van der Waals surface area contributed by atoms with E-state index in [-0.39, 0.29) is 18.8 Å². The first-order chi connectivity index (χ1) is 15.8. The number of carbonyl (C=O) groups excluding carboxylic acids is 1. The Bertz CT molecular complexity index is 1070. The minimum Gasteiger partial charge on any atom is -0.496 e. The third-order valence-electron chi connectivity index (χ3n) is 4.68. The van der Waals surface area contributed by atoms with Crippen LogP contribution in [-0.2, 0) is 17.8 Å². The Morgan fingerprint density at radius 3 is 2.70 bits per heavy atom. The molecule has 3 aromatic rings. The lowest BCUT2D eigenvalue weighted by molar-refractivity contribution is 0.131. The van der Waals surface area contributed by atoms with Gasteiger partial charge >= 0.3 is 6.09 Å². The monoisotopic (exact) mass is 453 g/mol. The number of ether oxygens (including phenoxy) is 2. The first kappa shape index (κ1) is 24.1. The number of benzene rings is 2. The van der Waals surface area contributed by atoms with E-state index in [4.69, 9.17) is 19.0 Å². The molecular weight excluding hydrogens is 422 g/mol. The SMILES string of the molecule is COc1ccc(CCCO)cc1-c1cnc(Nc2cccc(COC(=O)NC(C)(C)C)c2)o1. The first-order valence-corrected chi connectivity index (χ1v) is 10.8. The number of oxazole rings is 1. The van der Waals surface area contributed by atoms with Gasteiger partial charge < -0.3 is 29.6 Å². The Balaban J connectivity index is 1.69. The maximum absolute atomic E-state index is 11.9. The van der Waals surface area contributed by atoms with Gasteiger partial charge in [-0.25, -0.2) is 9.78 Å². The Morgan fingerprint density at radius 1 is 1.15 bits per heavy atom. The zero-order valence-corrected chi connectivity index (χ0v) is 19.5. The van der Waals surface area contributed by atoms with Crippen molar-refractivity contribution in [1.82, 2.24) is 10.3 Å². The first-order valence-electron chi connectivity index (χ1n) is 10.8. The summed E-state index contributed by atoms with van der Waals surface area (Å²) in [6.45, 7) is 5.97. The molecule has 3 N–H and O–H groups in total. The number of nitrogens with one attached hydrogen (secondary N) is 2. The number of aromatic nitrogens is 1. The Hall–Kier alpha value is -3.52. The topological polar surface area (TPSA) is 106 Å². The highest BCUT2D eigenvalue weighted by atomic mass is 16.5. The van der Waals surface area contributed by atoms with Gasteiger partial charge in [-0.05, 0) is 69.0 Å². The second-order valence-electron chi connectivity index (χ2n) is 8.67. The summed E-state index contributed by atoms with van der Waals surface area (Å²) in [5, 5.41) is 15.0. The number of carbonyl (C=O) groups is 1. The van der Waals surface area contributed by atoms with Gasteiger partial charge in [-0.1, -0.05) is 18.2 Å². The van der Waals surface area contributed by atoms with E-state index in [1.54, 1.807) is 13.3 Å². The van der Waals surface area contributed by atoms with Crippen molar-refractivity contribution in [2.45, 2.75) is 45.8 Å². The molecule has 8 nitrogen and oxygen atoms in total. The van der Waals surface area contributed by atoms with Gasteiger partial charge in [-0.2, -0.15) is 0 Å². The van der Waals surface area contributed by atoms with Crippen LogP contribution in [0.4, 0.5) is 16.5 Å². The highest BCUT2D eigenvalue weighted by Crippen LogP contribution is 2.33. The molecule has 0 aliphatic carbocycles. The summed E-state index contributed by atoms with van der Waals surface area (Å²) in [5.74, 6) is 1.25. The molecule has 0 saturated heterocycles. The summed E-state index contributed by atoms with van der Waals surface area (Å²) in [6.07, 6.45) is 2.62. The van der Waals surface area contributed by atoms with Gasteiger partial charge in [0.1, 0.15) is 12.4 Å². The van der Waals surface area contributed by atoms with E-state index < -0.39 is 6.09 Å². The van der Waals surface area contributed by atoms with E-state index >= 15 is 0 Å². The standard InChI is InChI=1S/C25H31N3O5/c1-25(2,3)28-24(30)32-16-18-7-5-9-19(13-18)27-23-26-15-22(33-23)20-14-17(8-6-12-29)10-11-21(20)31-4/h5,7,9-11,13-15,29H,6,8,12,16H2,1-4H3,(H,26,27)(H,28,30). The quantitative estimate of drug-likeness (QED) is 0.417. The summed E-state index contributed by atoms with van der Waals surface area (Å²) in [5.41, 5.74) is 3.09. The molecule has 0 fully saturated rings. The third kappa shape index (κ3) is 7.25. The second-order valence-corrected chi connectivity index (χ2v) is 8.67. The fraction of sp³-hybridized carbons (Fsp3) is 0.360. The Kier molecular flexibility index (Phi) is 7.95. The fourth-order valence-corrected chi connectivity index (χ4v) is 3.20. The Morgan fingerprint density at radius 2 is 1.97 bits per heavy atom. The molecule has 33 heavy (non-hydrogen) atoms. The number of nitrogens with zero attached hydrogens (tertiary/aromatic N) is 1. The van der Waals surface area contributed by atoms with E-state index in [0.717, 1.165) is 28.8 Å². The lowest BCUT2D eigenvalue weighted by atomic mass is 10.0. The molecule has 1 aromatic heterocycles. The molecule has 1 heterocycles. The molecular formula is C25H31N3O5. The predicted molar refractivity (Wildman–Crippen MR) is 127 cm³/mol. The number of amides is 1. The van der Waals surface area contributed by atoms with E-state index in [0.29, 0.717) is 23.9 Å². The average Bonchev–Trinajstić information content (AvgIpc) is 3.23. The molecule has 0 saturated carbocycles. The van der Waals surface area contributed by atoms with Crippen LogP contribution in [0.3, 0.4) is 0 Å². The highest BCUT2D eigenvalue weighted by molar-refractivity contribution is 5.68. The van der Waals surface area contributed by atoms with Crippen LogP contribution in [0.25, 0.3) is 11.3 Å². The third-order valence-corrected chi connectivity index (χ3v) is 4.68. The number of methoxy groups -OCH3 is 1. The normalized spacial score (nSPS) is 11.2. The predicted octanol–water partition coefficient (Wildman–Crippen LogP) is 5.04. The van der Waals surface area contributed by atoms with Crippen molar-refractivity contribution in [3.05, 3.63) is 59.8 Å². The van der Waals surface area contributed by atoms with Crippen LogP contribution in [0.15, 0.2) is 53.1 Å². The van der Waals surface area contributed by atoms with Crippen LogP contribution < -0.4 is 15.4 Å². The van der Waals surface area contributed by atoms with Crippen molar-refractivity contribution in [3.63, 3.8) is 0 Å². The van der Waals surface area contributed by atoms with Crippen LogP contribution >= 0.6 is 0 Å². The zero-order chi connectivity index (χ0) is 23.8. The molecule has 0 radical (unpaired) electrons. The summed E-state index contributed by atoms with van der Waals surface area (Å²) in [4.78, 5) is 16.2. The number of hydrogen-bond acceptors (Lipinski definition) is 7. The fourth-order valence-electron chi connectivity index (χ4n) is 3.20. The van der Waals surface area contributed by atoms with Crippen LogP contribution in [0.5, 0.6) is 5.75 Å². The molecule has 1 amide bonds.